The number of hydrogen-bond donors (Lipinski definition) is 5. The summed E-state index contributed by atoms with van der Waals surface area (Å²) in [6, 6.07) is 0.0890. The first-order valence-corrected chi connectivity index (χ1v) is 16.3. The molecule has 296 valence electrons. The third kappa shape index (κ3) is 21.7. The van der Waals surface area contributed by atoms with Gasteiger partial charge in [-0.2, -0.15) is 0 Å². The fourth-order valence-electron chi connectivity index (χ4n) is 3.53. The molecular weight excluding hydrogens is 688 g/mol. The van der Waals surface area contributed by atoms with Crippen molar-refractivity contribution in [2.24, 2.45) is 0 Å². The predicted molar refractivity (Wildman–Crippen MR) is 187 cm³/mol. The Hall–Kier alpha value is -5.34. The van der Waals surface area contributed by atoms with Crippen molar-refractivity contribution in [3.63, 3.8) is 0 Å². The quantitative estimate of drug-likeness (QED) is 0.0742. The second kappa shape index (κ2) is 25.6. The number of aliphatic carboxylic acids is 1. The minimum atomic E-state index is -1.25. The molecule has 0 saturated carbocycles. The Bertz CT molecular complexity index is 1280. The highest BCUT2D eigenvalue weighted by atomic mass is 16.4. The summed E-state index contributed by atoms with van der Waals surface area (Å²) >= 11 is 0. The van der Waals surface area contributed by atoms with E-state index in [4.69, 9.17) is 5.11 Å². The number of carbonyl (C=O) groups excluding carboxylic acids is 9. The van der Waals surface area contributed by atoms with Gasteiger partial charge in [-0.3, -0.25) is 47.9 Å². The van der Waals surface area contributed by atoms with Crippen LogP contribution < -0.4 is 21.3 Å². The molecule has 0 radical (unpaired) electrons. The molecule has 0 aromatic rings. The Morgan fingerprint density at radius 3 is 0.942 bits per heavy atom. The van der Waals surface area contributed by atoms with Crippen molar-refractivity contribution in [3.05, 3.63) is 0 Å². The summed E-state index contributed by atoms with van der Waals surface area (Å²) in [4.78, 5) is 127. The van der Waals surface area contributed by atoms with E-state index in [1.165, 1.54) is 47.2 Å². The SMILES string of the molecule is CC.CC(C)NCC(=O)N(C)CC(=O)N(C)CC(=O)NCC(=O)N(C)CC(=O)N(C)CC(=O)NCC(=O)N(C)CC(=O)N(C)CC(=O)NCC(=O)O. The maximum atomic E-state index is 12.6. The maximum Gasteiger partial charge on any atom is 0.322 e. The molecule has 52 heavy (non-hydrogen) atoms. The second-order valence-electron chi connectivity index (χ2n) is 11.8. The predicted octanol–water partition coefficient (Wildman–Crippen LogP) is -4.81. The highest BCUT2D eigenvalue weighted by Gasteiger charge is 2.22. The Balaban J connectivity index is 0. The molecule has 9 amide bonds. The zero-order valence-electron chi connectivity index (χ0n) is 31.9. The number of carboxylic acid groups (broad SMARTS) is 1. The van der Waals surface area contributed by atoms with Gasteiger partial charge in [0.25, 0.3) is 0 Å². The van der Waals surface area contributed by atoms with Gasteiger partial charge in [-0.1, -0.05) is 27.7 Å². The number of likely N-dealkylation sites (N-methyl/N-ethyl adjacent to an activating group) is 6. The molecule has 0 aliphatic rings. The normalized spacial score (nSPS) is 10.1. The van der Waals surface area contributed by atoms with Crippen LogP contribution in [0.3, 0.4) is 0 Å². The molecule has 0 aliphatic heterocycles. The molecule has 0 atom stereocenters. The van der Waals surface area contributed by atoms with Crippen LogP contribution in [0.1, 0.15) is 27.7 Å². The highest BCUT2D eigenvalue weighted by molar-refractivity contribution is 5.93. The van der Waals surface area contributed by atoms with Crippen LogP contribution in [-0.4, -0.2) is 207 Å². The van der Waals surface area contributed by atoms with Crippen LogP contribution >= 0.6 is 0 Å². The van der Waals surface area contributed by atoms with Crippen molar-refractivity contribution >= 4 is 59.1 Å². The van der Waals surface area contributed by atoms with Gasteiger partial charge in [-0.05, 0) is 0 Å². The first kappa shape index (κ1) is 48.8. The van der Waals surface area contributed by atoms with Crippen LogP contribution in [0.4, 0.5) is 0 Å². The molecule has 0 aromatic heterocycles. The number of rotatable bonds is 21. The minimum absolute atomic E-state index is 0.0569. The van der Waals surface area contributed by atoms with Crippen LogP contribution in [0.25, 0.3) is 0 Å². The summed E-state index contributed by atoms with van der Waals surface area (Å²) in [6.07, 6.45) is 0. The Kier molecular flexibility index (Phi) is 24.0. The Morgan fingerprint density at radius 2 is 0.673 bits per heavy atom. The zero-order valence-corrected chi connectivity index (χ0v) is 31.9. The molecule has 0 aliphatic carbocycles. The van der Waals surface area contributed by atoms with Gasteiger partial charge in [0.05, 0.1) is 58.9 Å². The standard InChI is InChI=1S/C29H50N10O11.C2H6/c1-19(2)30-9-23(43)37(6)16-26(46)34(3)13-20(40)31-10-24(44)38(7)17-27(47)35(4)14-21(41)32-11-25(45)39(8)18-28(48)36(5)15-22(42)33-12-29(49)50;1-2/h19,30H,9-18H2,1-8H3,(H,31,40)(H,32,41)(H,33,42)(H,49,50);1-2H3. The van der Waals surface area contributed by atoms with E-state index < -0.39 is 99.0 Å². The van der Waals surface area contributed by atoms with Gasteiger partial charge in [-0.15, -0.1) is 0 Å². The van der Waals surface area contributed by atoms with Crippen molar-refractivity contribution in [1.29, 1.82) is 0 Å². The number of carboxylic acids is 1. The lowest BCUT2D eigenvalue weighted by molar-refractivity contribution is -0.142. The van der Waals surface area contributed by atoms with Crippen molar-refractivity contribution < 1.29 is 53.1 Å². The fourth-order valence-corrected chi connectivity index (χ4v) is 3.53. The van der Waals surface area contributed by atoms with Crippen LogP contribution in [-0.2, 0) is 47.9 Å². The summed E-state index contributed by atoms with van der Waals surface area (Å²) in [5.41, 5.74) is 0. The molecule has 0 heterocycles. The van der Waals surface area contributed by atoms with Gasteiger partial charge in [-0.25, -0.2) is 0 Å². The summed E-state index contributed by atoms with van der Waals surface area (Å²) < 4.78 is 0. The molecule has 21 heteroatoms. The molecule has 0 spiro atoms. The first-order chi connectivity index (χ1) is 24.1. The van der Waals surface area contributed by atoms with E-state index >= 15 is 0 Å². The smallest absolute Gasteiger partial charge is 0.322 e. The van der Waals surface area contributed by atoms with Crippen molar-refractivity contribution in [2.45, 2.75) is 33.7 Å². The lowest BCUT2D eigenvalue weighted by Gasteiger charge is -2.23. The molecule has 0 bridgehead atoms. The van der Waals surface area contributed by atoms with Gasteiger partial charge in [0, 0.05) is 48.3 Å². The molecule has 0 unspecified atom stereocenters. The van der Waals surface area contributed by atoms with Gasteiger partial charge in [0.1, 0.15) is 6.54 Å². The van der Waals surface area contributed by atoms with Gasteiger partial charge in [0.15, 0.2) is 0 Å². The number of hydrogen-bond acceptors (Lipinski definition) is 11. The minimum Gasteiger partial charge on any atom is -0.480 e. The van der Waals surface area contributed by atoms with E-state index in [1.807, 2.05) is 27.7 Å². The van der Waals surface area contributed by atoms with E-state index in [0.29, 0.717) is 0 Å². The van der Waals surface area contributed by atoms with Crippen molar-refractivity contribution in [1.82, 2.24) is 50.7 Å². The van der Waals surface area contributed by atoms with Gasteiger partial charge in [0.2, 0.25) is 53.2 Å². The number of amides is 9. The third-order valence-corrected chi connectivity index (χ3v) is 6.79. The van der Waals surface area contributed by atoms with E-state index in [0.717, 1.165) is 24.5 Å². The summed E-state index contributed by atoms with van der Waals surface area (Å²) in [5.74, 6) is -6.61. The van der Waals surface area contributed by atoms with E-state index in [9.17, 15) is 47.9 Å². The van der Waals surface area contributed by atoms with E-state index in [2.05, 4.69) is 21.3 Å². The average Bonchev–Trinajstić information content (AvgIpc) is 3.07. The van der Waals surface area contributed by atoms with Gasteiger partial charge >= 0.3 is 5.97 Å². The molecule has 0 rings (SSSR count). The van der Waals surface area contributed by atoms with E-state index in [-0.39, 0.29) is 31.6 Å². The maximum absolute atomic E-state index is 12.6. The van der Waals surface area contributed by atoms with Crippen LogP contribution in [0, 0.1) is 0 Å². The zero-order chi connectivity index (χ0) is 40.7. The van der Waals surface area contributed by atoms with Crippen LogP contribution in [0.5, 0.6) is 0 Å². The van der Waals surface area contributed by atoms with E-state index in [1.54, 1.807) is 0 Å². The Labute approximate surface area is 304 Å². The summed E-state index contributed by atoms with van der Waals surface area (Å²) in [6.45, 7) is 3.85. The Morgan fingerprint density at radius 1 is 0.423 bits per heavy atom. The second-order valence-corrected chi connectivity index (χ2v) is 11.8. The number of carbonyl (C=O) groups is 10. The lowest BCUT2D eigenvalue weighted by atomic mass is 10.3. The topological polar surface area (TPSA) is 258 Å². The average molecular weight is 745 g/mol. The first-order valence-electron chi connectivity index (χ1n) is 16.3. The lowest BCUT2D eigenvalue weighted by Crippen LogP contribution is -2.49. The fraction of sp³-hybridized carbons (Fsp3) is 0.677. The molecule has 0 saturated heterocycles. The monoisotopic (exact) mass is 744 g/mol. The summed E-state index contributed by atoms with van der Waals surface area (Å²) in [7, 11) is 8.04. The third-order valence-electron chi connectivity index (χ3n) is 6.79. The number of nitrogens with one attached hydrogen (secondary N) is 4. The summed E-state index contributed by atoms with van der Waals surface area (Å²) in [5, 5.41) is 18.3. The largest absolute Gasteiger partial charge is 0.480 e. The van der Waals surface area contributed by atoms with Crippen LogP contribution in [0.15, 0.2) is 0 Å². The molecule has 21 nitrogen and oxygen atoms in total. The molecule has 0 fully saturated rings. The van der Waals surface area contributed by atoms with Crippen molar-refractivity contribution in [2.75, 3.05) is 108 Å². The van der Waals surface area contributed by atoms with Crippen molar-refractivity contribution in [3.8, 4) is 0 Å². The number of nitrogens with zero attached hydrogens (tertiary/aromatic N) is 6. The molecule has 0 aromatic carbocycles. The highest BCUT2D eigenvalue weighted by Crippen LogP contribution is 1.95. The van der Waals surface area contributed by atoms with Crippen LogP contribution in [0.2, 0.25) is 0 Å². The molecule has 5 N–H and O–H groups in total. The van der Waals surface area contributed by atoms with Gasteiger partial charge < -0.3 is 55.8 Å². The molecular formula is C31H56N10O11.